The SMILES string of the molecule is C=CCC(O)(CC=C)[C@@H](C)NC(=O)CC[C@]1(Cc2ccc3ccccc3c2)CCC(=O)N1. The minimum Gasteiger partial charge on any atom is -0.387 e. The van der Waals surface area contributed by atoms with E-state index in [1.165, 1.54) is 10.8 Å². The van der Waals surface area contributed by atoms with Crippen molar-refractivity contribution in [1.82, 2.24) is 10.6 Å². The van der Waals surface area contributed by atoms with Crippen LogP contribution in [-0.2, 0) is 16.0 Å². The van der Waals surface area contributed by atoms with Gasteiger partial charge in [0.05, 0.1) is 11.6 Å². The summed E-state index contributed by atoms with van der Waals surface area (Å²) in [6.45, 7) is 9.21. The van der Waals surface area contributed by atoms with Gasteiger partial charge in [-0.05, 0) is 55.4 Å². The largest absolute Gasteiger partial charge is 0.387 e. The highest BCUT2D eigenvalue weighted by Crippen LogP contribution is 2.31. The van der Waals surface area contributed by atoms with Gasteiger partial charge in [0.25, 0.3) is 0 Å². The molecule has 1 fully saturated rings. The van der Waals surface area contributed by atoms with Gasteiger partial charge in [-0.2, -0.15) is 0 Å². The third-order valence-electron chi connectivity index (χ3n) is 6.60. The van der Waals surface area contributed by atoms with Crippen molar-refractivity contribution < 1.29 is 14.7 Å². The van der Waals surface area contributed by atoms with Crippen LogP contribution in [0.1, 0.15) is 51.0 Å². The van der Waals surface area contributed by atoms with Gasteiger partial charge >= 0.3 is 0 Å². The average Bonchev–Trinajstić information content (AvgIpc) is 3.13. The summed E-state index contributed by atoms with van der Waals surface area (Å²) in [6, 6.07) is 14.1. The minimum absolute atomic E-state index is 0.0332. The molecule has 0 unspecified atom stereocenters. The van der Waals surface area contributed by atoms with Crippen LogP contribution in [0.2, 0.25) is 0 Å². The number of fused-ring (bicyclic) bond motifs is 1. The molecule has 0 aromatic heterocycles. The molecule has 1 aliphatic heterocycles. The van der Waals surface area contributed by atoms with Gasteiger partial charge in [-0.1, -0.05) is 54.6 Å². The second-order valence-corrected chi connectivity index (χ2v) is 9.07. The normalized spacial score (nSPS) is 19.4. The highest BCUT2D eigenvalue weighted by molar-refractivity contribution is 5.83. The number of aliphatic hydroxyl groups is 1. The molecule has 3 N–H and O–H groups in total. The van der Waals surface area contributed by atoms with E-state index < -0.39 is 17.2 Å². The van der Waals surface area contributed by atoms with Crippen molar-refractivity contribution in [3.63, 3.8) is 0 Å². The van der Waals surface area contributed by atoms with Crippen LogP contribution in [-0.4, -0.2) is 34.1 Å². The van der Waals surface area contributed by atoms with E-state index in [1.54, 1.807) is 19.1 Å². The van der Waals surface area contributed by atoms with Crippen molar-refractivity contribution >= 4 is 22.6 Å². The number of hydrogen-bond acceptors (Lipinski definition) is 3. The Hall–Kier alpha value is -2.92. The lowest BCUT2D eigenvalue weighted by molar-refractivity contribution is -0.125. The Morgan fingerprint density at radius 3 is 2.53 bits per heavy atom. The molecule has 0 aliphatic carbocycles. The van der Waals surface area contributed by atoms with Gasteiger partial charge < -0.3 is 15.7 Å². The molecule has 170 valence electrons. The van der Waals surface area contributed by atoms with Crippen molar-refractivity contribution in [3.05, 3.63) is 73.3 Å². The molecule has 1 aliphatic rings. The monoisotopic (exact) mass is 434 g/mol. The van der Waals surface area contributed by atoms with Crippen LogP contribution in [0.15, 0.2) is 67.8 Å². The molecule has 2 amide bonds. The molecule has 0 spiro atoms. The molecule has 0 bridgehead atoms. The number of rotatable bonds is 11. The van der Waals surface area contributed by atoms with Crippen LogP contribution >= 0.6 is 0 Å². The topological polar surface area (TPSA) is 78.4 Å². The highest BCUT2D eigenvalue weighted by Gasteiger charge is 2.38. The molecule has 2 aromatic rings. The number of nitrogens with one attached hydrogen (secondary N) is 2. The molecule has 2 atom stereocenters. The van der Waals surface area contributed by atoms with Crippen LogP contribution in [0.25, 0.3) is 10.8 Å². The fourth-order valence-corrected chi connectivity index (χ4v) is 4.66. The summed E-state index contributed by atoms with van der Waals surface area (Å²) in [5.74, 6) is -0.103. The lowest BCUT2D eigenvalue weighted by Gasteiger charge is -2.34. The molecule has 1 saturated heterocycles. The maximum Gasteiger partial charge on any atom is 0.220 e. The van der Waals surface area contributed by atoms with Gasteiger partial charge in [0, 0.05) is 18.4 Å². The van der Waals surface area contributed by atoms with Crippen molar-refractivity contribution in [2.24, 2.45) is 0 Å². The van der Waals surface area contributed by atoms with Gasteiger partial charge in [0.15, 0.2) is 0 Å². The molecular formula is C27H34N2O3. The first kappa shape index (κ1) is 23.7. The third kappa shape index (κ3) is 5.65. The number of benzene rings is 2. The lowest BCUT2D eigenvalue weighted by atomic mass is 9.84. The predicted octanol–water partition coefficient (Wildman–Crippen LogP) is 4.20. The zero-order chi connectivity index (χ0) is 23.2. The van der Waals surface area contributed by atoms with Crippen LogP contribution in [0.3, 0.4) is 0 Å². The van der Waals surface area contributed by atoms with E-state index in [9.17, 15) is 14.7 Å². The van der Waals surface area contributed by atoms with Gasteiger partial charge in [0.1, 0.15) is 0 Å². The average molecular weight is 435 g/mol. The molecule has 0 saturated carbocycles. The summed E-state index contributed by atoms with van der Waals surface area (Å²) in [4.78, 5) is 24.8. The summed E-state index contributed by atoms with van der Waals surface area (Å²) in [5.41, 5.74) is -0.395. The number of amides is 2. The molecule has 1 heterocycles. The van der Waals surface area contributed by atoms with Crippen molar-refractivity contribution in [1.29, 1.82) is 0 Å². The standard InChI is InChI=1S/C27H34N2O3/c1-4-14-27(32,15-5-2)20(3)28-24(30)12-16-26(17-13-25(31)29-26)19-21-10-11-22-8-6-7-9-23(22)18-21/h4-11,18,20,32H,1-2,12-17,19H2,3H3,(H,28,30)(H,29,31)/t20-,26-/m1/s1. The Balaban J connectivity index is 1.67. The molecule has 3 rings (SSSR count). The van der Waals surface area contributed by atoms with E-state index in [4.69, 9.17) is 0 Å². The second kappa shape index (κ2) is 10.1. The van der Waals surface area contributed by atoms with E-state index in [2.05, 4.69) is 54.1 Å². The Morgan fingerprint density at radius 2 is 1.91 bits per heavy atom. The Kier molecular flexibility index (Phi) is 7.52. The lowest BCUT2D eigenvalue weighted by Crippen LogP contribution is -2.51. The fourth-order valence-electron chi connectivity index (χ4n) is 4.66. The quantitative estimate of drug-likeness (QED) is 0.464. The van der Waals surface area contributed by atoms with E-state index in [1.807, 2.05) is 12.1 Å². The molecule has 5 nitrogen and oxygen atoms in total. The molecule has 0 radical (unpaired) electrons. The summed E-state index contributed by atoms with van der Waals surface area (Å²) in [6.07, 6.45) is 6.72. The second-order valence-electron chi connectivity index (χ2n) is 9.07. The summed E-state index contributed by atoms with van der Waals surface area (Å²) in [5, 5.41) is 19.3. The maximum absolute atomic E-state index is 12.7. The first-order valence-corrected chi connectivity index (χ1v) is 11.3. The van der Waals surface area contributed by atoms with Crippen molar-refractivity contribution in [2.45, 2.75) is 69.1 Å². The summed E-state index contributed by atoms with van der Waals surface area (Å²) < 4.78 is 0. The van der Waals surface area contributed by atoms with Gasteiger partial charge in [-0.3, -0.25) is 9.59 Å². The van der Waals surface area contributed by atoms with E-state index in [-0.39, 0.29) is 18.2 Å². The zero-order valence-electron chi connectivity index (χ0n) is 18.9. The van der Waals surface area contributed by atoms with Gasteiger partial charge in [-0.15, -0.1) is 13.2 Å². The molecule has 5 heteroatoms. The minimum atomic E-state index is -1.11. The van der Waals surface area contributed by atoms with E-state index in [0.717, 1.165) is 5.56 Å². The number of hydrogen-bond donors (Lipinski definition) is 3. The van der Waals surface area contributed by atoms with Crippen LogP contribution in [0.5, 0.6) is 0 Å². The Bertz CT molecular complexity index is 989. The number of carbonyl (C=O) groups is 2. The molecule has 32 heavy (non-hydrogen) atoms. The third-order valence-corrected chi connectivity index (χ3v) is 6.60. The molecule has 2 aromatic carbocycles. The van der Waals surface area contributed by atoms with Crippen LogP contribution in [0, 0.1) is 0 Å². The highest BCUT2D eigenvalue weighted by atomic mass is 16.3. The maximum atomic E-state index is 12.7. The smallest absolute Gasteiger partial charge is 0.220 e. The zero-order valence-corrected chi connectivity index (χ0v) is 18.9. The van der Waals surface area contributed by atoms with E-state index in [0.29, 0.717) is 38.5 Å². The first-order valence-electron chi connectivity index (χ1n) is 11.3. The molecular weight excluding hydrogens is 400 g/mol. The fraction of sp³-hybridized carbons (Fsp3) is 0.407. The van der Waals surface area contributed by atoms with E-state index >= 15 is 0 Å². The van der Waals surface area contributed by atoms with Crippen LogP contribution < -0.4 is 10.6 Å². The Labute approximate surface area is 190 Å². The van der Waals surface area contributed by atoms with Gasteiger partial charge in [0.2, 0.25) is 11.8 Å². The first-order chi connectivity index (χ1) is 15.3. The number of carbonyl (C=O) groups excluding carboxylic acids is 2. The Morgan fingerprint density at radius 1 is 1.22 bits per heavy atom. The predicted molar refractivity (Wildman–Crippen MR) is 129 cm³/mol. The van der Waals surface area contributed by atoms with Crippen molar-refractivity contribution in [3.8, 4) is 0 Å². The summed E-state index contributed by atoms with van der Waals surface area (Å²) in [7, 11) is 0. The van der Waals surface area contributed by atoms with Gasteiger partial charge in [-0.25, -0.2) is 0 Å². The van der Waals surface area contributed by atoms with Crippen LogP contribution in [0.4, 0.5) is 0 Å². The van der Waals surface area contributed by atoms with Crippen molar-refractivity contribution in [2.75, 3.05) is 0 Å². The summed E-state index contributed by atoms with van der Waals surface area (Å²) >= 11 is 0.